The first-order valence-electron chi connectivity index (χ1n) is 9.57. The quantitative estimate of drug-likeness (QED) is 0.747. The zero-order chi connectivity index (χ0) is 19.3. The van der Waals surface area contributed by atoms with Gasteiger partial charge in [0.1, 0.15) is 5.82 Å². The van der Waals surface area contributed by atoms with Gasteiger partial charge in [-0.1, -0.05) is 6.92 Å². The van der Waals surface area contributed by atoms with Gasteiger partial charge >= 0.3 is 0 Å². The van der Waals surface area contributed by atoms with Crippen LogP contribution in [0.5, 0.6) is 0 Å². The smallest absolute Gasteiger partial charge is 0.137 e. The lowest BCUT2D eigenvalue weighted by atomic mass is 9.86. The molecule has 1 aromatic heterocycles. The molecule has 1 unspecified atom stereocenters. The number of hydrogen-bond donors (Lipinski definition) is 2. The molecule has 2 rings (SSSR count). The van der Waals surface area contributed by atoms with Gasteiger partial charge in [-0.25, -0.2) is 4.99 Å². The van der Waals surface area contributed by atoms with E-state index in [1.54, 1.807) is 6.26 Å². The molecule has 0 radical (unpaired) electrons. The number of aliphatic imine (C=N–C) groups is 1. The summed E-state index contributed by atoms with van der Waals surface area (Å²) in [5, 5.41) is 2.34. The van der Waals surface area contributed by atoms with Crippen molar-refractivity contribution in [1.29, 1.82) is 4.78 Å². The number of aromatic amines is 1. The van der Waals surface area contributed by atoms with Crippen molar-refractivity contribution in [1.82, 2.24) is 9.88 Å². The van der Waals surface area contributed by atoms with Crippen molar-refractivity contribution < 1.29 is 4.21 Å². The number of nitrogens with zero attached hydrogens (tertiary/aromatic N) is 2. The molecule has 0 aliphatic heterocycles. The normalized spacial score (nSPS) is 25.7. The van der Waals surface area contributed by atoms with Gasteiger partial charge in [0.15, 0.2) is 0 Å². The first kappa shape index (κ1) is 20.7. The summed E-state index contributed by atoms with van der Waals surface area (Å²) in [6.07, 6.45) is 10.6. The zero-order valence-corrected chi connectivity index (χ0v) is 17.7. The van der Waals surface area contributed by atoms with Gasteiger partial charge in [-0.05, 0) is 63.5 Å². The number of aromatic nitrogens is 1. The van der Waals surface area contributed by atoms with Crippen molar-refractivity contribution in [3.05, 3.63) is 22.8 Å². The lowest BCUT2D eigenvalue weighted by molar-refractivity contribution is 0.228. The SMILES string of the molecule is C\C=N/C(=c1/cc[nH]/c1=C(\C)CC)N(C)C1CCC(CS(C)(=N)=O)CC1. The maximum atomic E-state index is 11.8. The van der Waals surface area contributed by atoms with Gasteiger partial charge in [-0.15, -0.1) is 0 Å². The van der Waals surface area contributed by atoms with Crippen molar-refractivity contribution >= 4 is 27.3 Å². The van der Waals surface area contributed by atoms with E-state index in [1.807, 2.05) is 19.3 Å². The second-order valence-electron chi connectivity index (χ2n) is 7.57. The van der Waals surface area contributed by atoms with Crippen molar-refractivity contribution in [3.8, 4) is 0 Å². The van der Waals surface area contributed by atoms with E-state index < -0.39 is 9.73 Å². The van der Waals surface area contributed by atoms with Gasteiger partial charge < -0.3 is 9.88 Å². The van der Waals surface area contributed by atoms with Crippen LogP contribution in [0.3, 0.4) is 0 Å². The van der Waals surface area contributed by atoms with Crippen LogP contribution < -0.4 is 10.6 Å². The Labute approximate surface area is 158 Å². The molecule has 1 saturated carbocycles. The zero-order valence-electron chi connectivity index (χ0n) is 16.8. The van der Waals surface area contributed by atoms with Crippen molar-refractivity contribution in [3.63, 3.8) is 0 Å². The highest BCUT2D eigenvalue weighted by Gasteiger charge is 2.26. The van der Waals surface area contributed by atoms with E-state index in [4.69, 9.17) is 9.77 Å². The van der Waals surface area contributed by atoms with Crippen LogP contribution in [0, 0.1) is 10.7 Å². The summed E-state index contributed by atoms with van der Waals surface area (Å²) in [7, 11) is -0.251. The molecule has 0 aromatic carbocycles. The Hall–Kier alpha value is -1.56. The van der Waals surface area contributed by atoms with Gasteiger partial charge in [0.05, 0.1) is 0 Å². The van der Waals surface area contributed by atoms with Gasteiger partial charge in [-0.3, -0.25) is 8.99 Å². The minimum Gasteiger partial charge on any atom is -0.361 e. The van der Waals surface area contributed by atoms with E-state index in [-0.39, 0.29) is 0 Å². The summed E-state index contributed by atoms with van der Waals surface area (Å²) in [5.74, 6) is 1.98. The number of nitrogens with one attached hydrogen (secondary N) is 2. The summed E-state index contributed by atoms with van der Waals surface area (Å²) in [4.78, 5) is 10.4. The molecule has 146 valence electrons. The Kier molecular flexibility index (Phi) is 7.09. The highest BCUT2D eigenvalue weighted by atomic mass is 32.2. The first-order valence-corrected chi connectivity index (χ1v) is 11.7. The van der Waals surface area contributed by atoms with Crippen LogP contribution in [-0.2, 0) is 9.73 Å². The van der Waals surface area contributed by atoms with Gasteiger partial charge in [-0.2, -0.15) is 0 Å². The standard InChI is InChI=1S/C20H34N4OS/c1-6-15(3)19-18(12-13-23-19)20(22-7-2)24(4)17-10-8-16(9-11-17)14-26(5,21)25/h7,12-13,16-17,21,23H,6,8-11,14H2,1-5H3/b19-15+,20-18+,22-7-. The largest absolute Gasteiger partial charge is 0.361 e. The fourth-order valence-electron chi connectivity index (χ4n) is 3.88. The van der Waals surface area contributed by atoms with Gasteiger partial charge in [0, 0.05) is 57.8 Å². The highest BCUT2D eigenvalue weighted by molar-refractivity contribution is 7.91. The topological polar surface area (TPSA) is 72.3 Å². The minimum absolute atomic E-state index is 0.422. The molecule has 0 bridgehead atoms. The van der Waals surface area contributed by atoms with Crippen LogP contribution >= 0.6 is 0 Å². The summed E-state index contributed by atoms with van der Waals surface area (Å²) in [5.41, 5.74) is 1.33. The van der Waals surface area contributed by atoms with Crippen molar-refractivity contribution in [2.24, 2.45) is 10.9 Å². The summed E-state index contributed by atoms with van der Waals surface area (Å²) >= 11 is 0. The van der Waals surface area contributed by atoms with E-state index >= 15 is 0 Å². The second kappa shape index (κ2) is 8.89. The van der Waals surface area contributed by atoms with E-state index in [9.17, 15) is 4.21 Å². The van der Waals surface area contributed by atoms with Crippen LogP contribution in [0.25, 0.3) is 11.4 Å². The summed E-state index contributed by atoms with van der Waals surface area (Å²) in [6.45, 7) is 6.29. The maximum Gasteiger partial charge on any atom is 0.137 e. The fourth-order valence-corrected chi connectivity index (χ4v) is 5.11. The summed E-state index contributed by atoms with van der Waals surface area (Å²) in [6, 6.07) is 2.55. The molecule has 1 fully saturated rings. The predicted molar refractivity (Wildman–Crippen MR) is 112 cm³/mol. The number of hydrogen-bond acceptors (Lipinski definition) is 4. The molecule has 1 aliphatic rings. The van der Waals surface area contributed by atoms with Crippen LogP contribution in [-0.4, -0.2) is 45.4 Å². The average Bonchev–Trinajstić information content (AvgIpc) is 3.07. The third-order valence-electron chi connectivity index (χ3n) is 5.45. The molecule has 0 saturated heterocycles. The van der Waals surface area contributed by atoms with Crippen LogP contribution in [0.15, 0.2) is 17.3 Å². The molecule has 1 aromatic rings. The predicted octanol–water partition coefficient (Wildman–Crippen LogP) is 2.92. The Balaban J connectivity index is 2.28. The van der Waals surface area contributed by atoms with Crippen molar-refractivity contribution in [2.75, 3.05) is 19.1 Å². The summed E-state index contributed by atoms with van der Waals surface area (Å²) < 4.78 is 19.5. The van der Waals surface area contributed by atoms with Crippen molar-refractivity contribution in [2.45, 2.75) is 58.9 Å². The Morgan fingerprint density at radius 3 is 2.62 bits per heavy atom. The Morgan fingerprint density at radius 1 is 1.42 bits per heavy atom. The monoisotopic (exact) mass is 378 g/mol. The maximum absolute atomic E-state index is 11.8. The third kappa shape index (κ3) is 5.22. The van der Waals surface area contributed by atoms with Crippen LogP contribution in [0.2, 0.25) is 0 Å². The third-order valence-corrected chi connectivity index (χ3v) is 6.56. The minimum atomic E-state index is -2.39. The molecule has 2 N–H and O–H groups in total. The van der Waals surface area contributed by atoms with E-state index in [0.717, 1.165) is 43.1 Å². The Bertz CT molecular complexity index is 843. The molecular weight excluding hydrogens is 344 g/mol. The lowest BCUT2D eigenvalue weighted by Crippen LogP contribution is -2.39. The fraction of sp³-hybridized carbons (Fsp3) is 0.650. The molecule has 0 amide bonds. The van der Waals surface area contributed by atoms with E-state index in [0.29, 0.717) is 17.7 Å². The van der Waals surface area contributed by atoms with Gasteiger partial charge in [0.2, 0.25) is 0 Å². The first-order chi connectivity index (χ1) is 12.3. The number of H-pyrrole nitrogens is 1. The number of rotatable bonds is 6. The highest BCUT2D eigenvalue weighted by Crippen LogP contribution is 2.29. The molecule has 0 spiro atoms. The van der Waals surface area contributed by atoms with Crippen LogP contribution in [0.1, 0.15) is 52.9 Å². The molecule has 6 heteroatoms. The second-order valence-corrected chi connectivity index (χ2v) is 9.91. The molecule has 1 heterocycles. The molecular formula is C20H34N4OS. The molecule has 1 atom stereocenters. The van der Waals surface area contributed by atoms with Crippen LogP contribution in [0.4, 0.5) is 0 Å². The van der Waals surface area contributed by atoms with Gasteiger partial charge in [0.25, 0.3) is 0 Å². The van der Waals surface area contributed by atoms with E-state index in [2.05, 4.69) is 36.8 Å². The molecule has 5 nitrogen and oxygen atoms in total. The Morgan fingerprint density at radius 2 is 2.08 bits per heavy atom. The molecule has 1 aliphatic carbocycles. The molecule has 26 heavy (non-hydrogen) atoms. The van der Waals surface area contributed by atoms with E-state index in [1.165, 1.54) is 10.9 Å². The average molecular weight is 379 g/mol. The lowest BCUT2D eigenvalue weighted by Gasteiger charge is -2.36.